The van der Waals surface area contributed by atoms with Crippen molar-refractivity contribution in [2.45, 2.75) is 37.9 Å². The number of rotatable bonds is 9. The molecule has 0 aliphatic carbocycles. The number of anilines is 1. The standard InChI is InChI=1S/C18H25N6O8PS/c1-10(25)34-6-5-28-33(27,23(3)4)29-7-11-13-18(2,32-17(26)31-13)16(30-11)24-9-22-12-14(19)20-8-21-15(12)24/h8-9,11,13,16H,5-7H2,1-4H3,(H2,19,20,21)/t11-,13?,16-,18+,33?/m1/s1. The van der Waals surface area contributed by atoms with Gasteiger partial charge in [-0.15, -0.1) is 0 Å². The van der Waals surface area contributed by atoms with E-state index in [1.54, 1.807) is 25.6 Å². The average molecular weight is 516 g/mol. The van der Waals surface area contributed by atoms with Crippen molar-refractivity contribution in [2.24, 2.45) is 0 Å². The number of nitrogens with two attached hydrogens (primary N) is 1. The third kappa shape index (κ3) is 4.51. The molecule has 2 aromatic heterocycles. The van der Waals surface area contributed by atoms with Crippen LogP contribution in [-0.4, -0.2) is 86.3 Å². The minimum absolute atomic E-state index is 0.0370. The monoisotopic (exact) mass is 516 g/mol. The zero-order valence-electron chi connectivity index (χ0n) is 18.9. The van der Waals surface area contributed by atoms with E-state index < -0.39 is 37.9 Å². The van der Waals surface area contributed by atoms with Crippen molar-refractivity contribution in [3.63, 3.8) is 0 Å². The Kier molecular flexibility index (Phi) is 6.86. The van der Waals surface area contributed by atoms with Gasteiger partial charge in [0.15, 0.2) is 34.5 Å². The van der Waals surface area contributed by atoms with E-state index in [-0.39, 0.29) is 24.1 Å². The molecule has 2 aliphatic heterocycles. The number of ether oxygens (including phenoxy) is 3. The summed E-state index contributed by atoms with van der Waals surface area (Å²) in [7, 11) is -0.625. The highest BCUT2D eigenvalue weighted by atomic mass is 32.2. The van der Waals surface area contributed by atoms with Crippen LogP contribution in [0.15, 0.2) is 12.7 Å². The second-order valence-corrected chi connectivity index (χ2v) is 11.5. The number of carbonyl (C=O) groups is 2. The Hall–Kier alpha value is -2.29. The number of nitrogens with zero attached hydrogens (tertiary/aromatic N) is 5. The van der Waals surface area contributed by atoms with E-state index in [4.69, 9.17) is 29.0 Å². The Balaban J connectivity index is 1.53. The van der Waals surface area contributed by atoms with Gasteiger partial charge in [0, 0.05) is 12.7 Å². The highest BCUT2D eigenvalue weighted by Crippen LogP contribution is 2.52. The minimum atomic E-state index is -3.71. The van der Waals surface area contributed by atoms with Crippen molar-refractivity contribution in [1.29, 1.82) is 0 Å². The molecule has 4 heterocycles. The third-order valence-corrected chi connectivity index (χ3v) is 8.14. The Morgan fingerprint density at radius 1 is 1.35 bits per heavy atom. The van der Waals surface area contributed by atoms with Gasteiger partial charge in [0.2, 0.25) is 0 Å². The first kappa shape index (κ1) is 24.8. The van der Waals surface area contributed by atoms with Crippen molar-refractivity contribution >= 4 is 47.8 Å². The maximum absolute atomic E-state index is 13.2. The highest BCUT2D eigenvalue weighted by Gasteiger charge is 2.64. The molecular formula is C18H25N6O8PS. The lowest BCUT2D eigenvalue weighted by atomic mass is 9.96. The van der Waals surface area contributed by atoms with Gasteiger partial charge in [0.1, 0.15) is 17.9 Å². The van der Waals surface area contributed by atoms with Gasteiger partial charge in [0.25, 0.3) is 0 Å². The molecule has 0 radical (unpaired) electrons. The third-order valence-electron chi connectivity index (χ3n) is 5.40. The van der Waals surface area contributed by atoms with Gasteiger partial charge >= 0.3 is 13.9 Å². The molecule has 2 aliphatic rings. The van der Waals surface area contributed by atoms with Crippen molar-refractivity contribution in [3.05, 3.63) is 12.7 Å². The van der Waals surface area contributed by atoms with Crippen LogP contribution in [0.4, 0.5) is 10.6 Å². The molecule has 0 aromatic carbocycles. The summed E-state index contributed by atoms with van der Waals surface area (Å²) in [5.41, 5.74) is 5.38. The maximum Gasteiger partial charge on any atom is 0.509 e. The minimum Gasteiger partial charge on any atom is -0.424 e. The van der Waals surface area contributed by atoms with E-state index in [2.05, 4.69) is 15.0 Å². The van der Waals surface area contributed by atoms with Crippen LogP contribution >= 0.6 is 19.5 Å². The normalized spacial score (nSPS) is 28.0. The fourth-order valence-electron chi connectivity index (χ4n) is 3.77. The molecule has 0 amide bonds. The van der Waals surface area contributed by atoms with Crippen molar-refractivity contribution in [2.75, 3.05) is 38.8 Å². The Bertz CT molecular complexity index is 1150. The Morgan fingerprint density at radius 3 is 2.82 bits per heavy atom. The second kappa shape index (κ2) is 9.40. The molecule has 2 fully saturated rings. The first-order valence-corrected chi connectivity index (χ1v) is 12.7. The van der Waals surface area contributed by atoms with Crippen molar-refractivity contribution in [1.82, 2.24) is 24.2 Å². The van der Waals surface area contributed by atoms with Gasteiger partial charge in [-0.1, -0.05) is 11.8 Å². The van der Waals surface area contributed by atoms with Crippen LogP contribution in [0, 0.1) is 0 Å². The zero-order chi connectivity index (χ0) is 24.7. The van der Waals surface area contributed by atoms with Gasteiger partial charge in [-0.2, -0.15) is 0 Å². The smallest absolute Gasteiger partial charge is 0.424 e. The quantitative estimate of drug-likeness (QED) is 0.289. The fraction of sp³-hybridized carbons (Fsp3) is 0.611. The van der Waals surface area contributed by atoms with Crippen LogP contribution in [0.5, 0.6) is 0 Å². The number of hydrogen-bond donors (Lipinski definition) is 1. The highest BCUT2D eigenvalue weighted by molar-refractivity contribution is 8.13. The second-order valence-electron chi connectivity index (χ2n) is 7.97. The molecule has 0 bridgehead atoms. The van der Waals surface area contributed by atoms with E-state index in [1.165, 1.54) is 24.2 Å². The summed E-state index contributed by atoms with van der Waals surface area (Å²) >= 11 is 1.05. The number of carbonyl (C=O) groups excluding carboxylic acids is 2. The Labute approximate surface area is 199 Å². The fourth-order valence-corrected chi connectivity index (χ4v) is 5.55. The van der Waals surface area contributed by atoms with Gasteiger partial charge in [-0.3, -0.25) is 18.4 Å². The molecule has 0 spiro atoms. The molecule has 14 nitrogen and oxygen atoms in total. The zero-order valence-corrected chi connectivity index (χ0v) is 20.7. The van der Waals surface area contributed by atoms with Crippen LogP contribution in [0.1, 0.15) is 20.1 Å². The SMILES string of the molecule is CC(=O)SCCOP(=O)(OC[C@H]1O[C@@H](n2cnc3c(N)ncnc32)[C@@]2(C)OC(=O)OC12)N(C)C. The van der Waals surface area contributed by atoms with Crippen molar-refractivity contribution < 1.29 is 37.4 Å². The summed E-state index contributed by atoms with van der Waals surface area (Å²) in [5, 5.41) is -0.0732. The summed E-state index contributed by atoms with van der Waals surface area (Å²) in [5.74, 6) is 0.513. The van der Waals surface area contributed by atoms with E-state index in [0.717, 1.165) is 11.8 Å². The lowest BCUT2D eigenvalue weighted by Crippen LogP contribution is -2.42. The first-order chi connectivity index (χ1) is 16.0. The van der Waals surface area contributed by atoms with Gasteiger partial charge < -0.3 is 19.9 Å². The molecule has 0 saturated carbocycles. The molecule has 16 heteroatoms. The number of imidazole rings is 1. The number of nitrogen functional groups attached to an aromatic ring is 1. The van der Waals surface area contributed by atoms with E-state index in [9.17, 15) is 14.2 Å². The molecule has 2 aromatic rings. The molecule has 5 atom stereocenters. The molecule has 4 rings (SSSR count). The van der Waals surface area contributed by atoms with Gasteiger partial charge in [-0.05, 0) is 21.0 Å². The van der Waals surface area contributed by atoms with Crippen LogP contribution < -0.4 is 5.73 Å². The predicted molar refractivity (Wildman–Crippen MR) is 120 cm³/mol. The predicted octanol–water partition coefficient (Wildman–Crippen LogP) is 1.58. The van der Waals surface area contributed by atoms with Crippen LogP contribution in [0.25, 0.3) is 11.2 Å². The van der Waals surface area contributed by atoms with E-state index in [0.29, 0.717) is 16.9 Å². The summed E-state index contributed by atoms with van der Waals surface area (Å²) in [4.78, 5) is 35.5. The van der Waals surface area contributed by atoms with E-state index in [1.807, 2.05) is 0 Å². The average Bonchev–Trinajstić information content (AvgIpc) is 3.39. The van der Waals surface area contributed by atoms with E-state index >= 15 is 0 Å². The Morgan fingerprint density at radius 2 is 2.12 bits per heavy atom. The topological polar surface area (TPSA) is 170 Å². The lowest BCUT2D eigenvalue weighted by Gasteiger charge is -2.26. The first-order valence-electron chi connectivity index (χ1n) is 10.2. The number of aromatic nitrogens is 4. The summed E-state index contributed by atoms with van der Waals surface area (Å²) in [6.07, 6.45) is -0.719. The van der Waals surface area contributed by atoms with Crippen LogP contribution in [0.3, 0.4) is 0 Å². The van der Waals surface area contributed by atoms with Crippen LogP contribution in [-0.2, 0) is 32.6 Å². The van der Waals surface area contributed by atoms with Gasteiger partial charge in [-0.25, -0.2) is 29.0 Å². The van der Waals surface area contributed by atoms with Crippen LogP contribution in [0.2, 0.25) is 0 Å². The number of fused-ring (bicyclic) bond motifs is 2. The lowest BCUT2D eigenvalue weighted by molar-refractivity contribution is -0.109. The van der Waals surface area contributed by atoms with Gasteiger partial charge in [0.05, 0.1) is 19.5 Å². The maximum atomic E-state index is 13.2. The molecule has 186 valence electrons. The van der Waals surface area contributed by atoms with Crippen molar-refractivity contribution in [3.8, 4) is 0 Å². The summed E-state index contributed by atoms with van der Waals surface area (Å²) < 4.78 is 44.3. The number of hydrogen-bond acceptors (Lipinski definition) is 13. The molecule has 34 heavy (non-hydrogen) atoms. The largest absolute Gasteiger partial charge is 0.509 e. The summed E-state index contributed by atoms with van der Waals surface area (Å²) in [6, 6.07) is 0. The molecule has 2 unspecified atom stereocenters. The molecular weight excluding hydrogens is 491 g/mol. The molecule has 2 N–H and O–H groups in total. The molecule has 2 saturated heterocycles. The number of thioether (sulfide) groups is 1. The summed E-state index contributed by atoms with van der Waals surface area (Å²) in [6.45, 7) is 2.90.